The summed E-state index contributed by atoms with van der Waals surface area (Å²) >= 11 is 2.44. The minimum atomic E-state index is -0.386. The fourth-order valence-corrected chi connectivity index (χ4v) is 2.42. The minimum absolute atomic E-state index is 0.158. The number of aromatic nitrogens is 2. The van der Waals surface area contributed by atoms with Gasteiger partial charge in [0.15, 0.2) is 0 Å². The van der Waals surface area contributed by atoms with Gasteiger partial charge in [-0.3, -0.25) is 10.1 Å². The van der Waals surface area contributed by atoms with Crippen LogP contribution in [0.3, 0.4) is 0 Å². The molecule has 0 saturated heterocycles. The Morgan fingerprint density at radius 3 is 2.94 bits per heavy atom. The number of hydrogen-bond acceptors (Lipinski definition) is 7. The van der Waals surface area contributed by atoms with E-state index in [-0.39, 0.29) is 9.92 Å². The summed E-state index contributed by atoms with van der Waals surface area (Å²) in [5, 5.41) is 14.4. The van der Waals surface area contributed by atoms with E-state index in [2.05, 4.69) is 14.7 Å². The summed E-state index contributed by atoms with van der Waals surface area (Å²) in [4.78, 5) is 15.1. The molecule has 0 aliphatic rings. The standard InChI is InChI=1S/C8H8N4O2S2/c1-5-10-8(16-11-5)9-4-6-2-3-7(15-6)12(13)14/h2-3H,4H2,1H3,(H,9,10,11). The molecule has 0 unspecified atom stereocenters. The first kappa shape index (κ1) is 11.0. The topological polar surface area (TPSA) is 81.0 Å². The molecule has 84 valence electrons. The molecule has 6 nitrogen and oxygen atoms in total. The molecule has 0 bridgehead atoms. The summed E-state index contributed by atoms with van der Waals surface area (Å²) in [6.45, 7) is 2.35. The van der Waals surface area contributed by atoms with Crippen LogP contribution >= 0.6 is 22.9 Å². The Bertz CT molecular complexity index is 508. The average molecular weight is 256 g/mol. The molecule has 0 atom stereocenters. The molecule has 0 fully saturated rings. The van der Waals surface area contributed by atoms with Gasteiger partial charge >= 0.3 is 5.00 Å². The van der Waals surface area contributed by atoms with Gasteiger partial charge in [-0.2, -0.15) is 4.37 Å². The number of aryl methyl sites for hydroxylation is 1. The van der Waals surface area contributed by atoms with E-state index >= 15 is 0 Å². The van der Waals surface area contributed by atoms with E-state index in [4.69, 9.17) is 0 Å². The minimum Gasteiger partial charge on any atom is -0.355 e. The molecule has 8 heteroatoms. The fraction of sp³-hybridized carbons (Fsp3) is 0.250. The van der Waals surface area contributed by atoms with Gasteiger partial charge < -0.3 is 5.32 Å². The molecule has 0 aromatic carbocycles. The Morgan fingerprint density at radius 2 is 2.38 bits per heavy atom. The Morgan fingerprint density at radius 1 is 1.56 bits per heavy atom. The maximum absolute atomic E-state index is 10.5. The predicted molar refractivity (Wildman–Crippen MR) is 62.9 cm³/mol. The Kier molecular flexibility index (Phi) is 3.11. The molecule has 2 aromatic rings. The van der Waals surface area contributed by atoms with Crippen LogP contribution in [0, 0.1) is 17.0 Å². The van der Waals surface area contributed by atoms with Crippen molar-refractivity contribution in [3.05, 3.63) is 32.9 Å². The molecule has 2 heterocycles. The monoisotopic (exact) mass is 256 g/mol. The normalized spacial score (nSPS) is 10.3. The molecule has 16 heavy (non-hydrogen) atoms. The second kappa shape index (κ2) is 4.54. The van der Waals surface area contributed by atoms with Gasteiger partial charge in [-0.15, -0.1) is 0 Å². The van der Waals surface area contributed by atoms with Crippen LogP contribution in [-0.4, -0.2) is 14.3 Å². The Labute approximate surface area is 99.3 Å². The molecule has 0 radical (unpaired) electrons. The summed E-state index contributed by atoms with van der Waals surface area (Å²) < 4.78 is 4.03. The first-order valence-corrected chi connectivity index (χ1v) is 6.01. The van der Waals surface area contributed by atoms with Crippen molar-refractivity contribution < 1.29 is 4.92 Å². The first-order chi connectivity index (χ1) is 7.65. The third-order valence-electron chi connectivity index (χ3n) is 1.77. The Hall–Kier alpha value is -1.54. The lowest BCUT2D eigenvalue weighted by Crippen LogP contribution is -1.96. The number of hydrogen-bond donors (Lipinski definition) is 1. The molecule has 0 saturated carbocycles. The van der Waals surface area contributed by atoms with Gasteiger partial charge in [0.1, 0.15) is 5.82 Å². The van der Waals surface area contributed by atoms with Gasteiger partial charge in [-0.1, -0.05) is 11.3 Å². The lowest BCUT2D eigenvalue weighted by atomic mass is 10.4. The van der Waals surface area contributed by atoms with Crippen molar-refractivity contribution in [3.63, 3.8) is 0 Å². The SMILES string of the molecule is Cc1nsc(NCc2ccc([N+](=O)[O-])s2)n1. The second-order valence-corrected chi connectivity index (χ2v) is 4.90. The van der Waals surface area contributed by atoms with Gasteiger partial charge in [0.25, 0.3) is 0 Å². The number of rotatable bonds is 4. The third kappa shape index (κ3) is 2.52. The molecule has 0 amide bonds. The predicted octanol–water partition coefficient (Wildman–Crippen LogP) is 2.43. The molecule has 2 rings (SSSR count). The average Bonchev–Trinajstić information content (AvgIpc) is 2.83. The van der Waals surface area contributed by atoms with Crippen molar-refractivity contribution in [2.24, 2.45) is 0 Å². The summed E-state index contributed by atoms with van der Waals surface area (Å²) in [5.74, 6) is 0.727. The lowest BCUT2D eigenvalue weighted by molar-refractivity contribution is -0.380. The maximum atomic E-state index is 10.5. The van der Waals surface area contributed by atoms with E-state index in [1.165, 1.54) is 17.6 Å². The molecular formula is C8H8N4O2S2. The van der Waals surface area contributed by atoms with Crippen LogP contribution in [0.5, 0.6) is 0 Å². The number of thiophene rings is 1. The van der Waals surface area contributed by atoms with E-state index in [1.54, 1.807) is 6.07 Å². The fourth-order valence-electron chi connectivity index (χ4n) is 1.09. The Balaban J connectivity index is 1.97. The van der Waals surface area contributed by atoms with Gasteiger partial charge in [0, 0.05) is 22.5 Å². The summed E-state index contributed by atoms with van der Waals surface area (Å²) in [7, 11) is 0. The third-order valence-corrected chi connectivity index (χ3v) is 3.57. The van der Waals surface area contributed by atoms with Gasteiger partial charge in [0.05, 0.1) is 11.5 Å². The highest BCUT2D eigenvalue weighted by atomic mass is 32.1. The van der Waals surface area contributed by atoms with Gasteiger partial charge in [0.2, 0.25) is 5.13 Å². The molecule has 0 spiro atoms. The van der Waals surface area contributed by atoms with Crippen LogP contribution in [0.1, 0.15) is 10.7 Å². The van der Waals surface area contributed by atoms with Crippen molar-refractivity contribution in [2.45, 2.75) is 13.5 Å². The second-order valence-electron chi connectivity index (χ2n) is 3.00. The van der Waals surface area contributed by atoms with Crippen LogP contribution in [0.15, 0.2) is 12.1 Å². The van der Waals surface area contributed by atoms with Crippen molar-refractivity contribution in [2.75, 3.05) is 5.32 Å². The quantitative estimate of drug-likeness (QED) is 0.671. The van der Waals surface area contributed by atoms with Crippen molar-refractivity contribution in [3.8, 4) is 0 Å². The molecule has 2 aromatic heterocycles. The number of nitrogens with zero attached hydrogens (tertiary/aromatic N) is 3. The van der Waals surface area contributed by atoms with E-state index in [1.807, 2.05) is 6.92 Å². The van der Waals surface area contributed by atoms with Crippen molar-refractivity contribution in [1.82, 2.24) is 9.36 Å². The zero-order valence-electron chi connectivity index (χ0n) is 8.34. The van der Waals surface area contributed by atoms with Crippen LogP contribution in [0.25, 0.3) is 0 Å². The largest absolute Gasteiger partial charge is 0.355 e. The first-order valence-electron chi connectivity index (χ1n) is 4.42. The summed E-state index contributed by atoms with van der Waals surface area (Å²) in [6.07, 6.45) is 0. The summed E-state index contributed by atoms with van der Waals surface area (Å²) in [6, 6.07) is 3.25. The lowest BCUT2D eigenvalue weighted by Gasteiger charge is -1.96. The zero-order chi connectivity index (χ0) is 11.5. The highest BCUT2D eigenvalue weighted by molar-refractivity contribution is 7.15. The van der Waals surface area contributed by atoms with Crippen molar-refractivity contribution >= 4 is 33.0 Å². The van der Waals surface area contributed by atoms with E-state index in [0.717, 1.165) is 27.2 Å². The molecule has 0 aliphatic heterocycles. The number of nitrogens with one attached hydrogen (secondary N) is 1. The highest BCUT2D eigenvalue weighted by Crippen LogP contribution is 2.24. The molecule has 1 N–H and O–H groups in total. The maximum Gasteiger partial charge on any atom is 0.324 e. The van der Waals surface area contributed by atoms with Crippen LogP contribution in [0.2, 0.25) is 0 Å². The molecule has 0 aliphatic carbocycles. The smallest absolute Gasteiger partial charge is 0.324 e. The zero-order valence-corrected chi connectivity index (χ0v) is 9.97. The highest BCUT2D eigenvalue weighted by Gasteiger charge is 2.09. The number of nitro groups is 1. The summed E-state index contributed by atoms with van der Waals surface area (Å²) in [5.41, 5.74) is 0. The van der Waals surface area contributed by atoms with Gasteiger partial charge in [-0.25, -0.2) is 4.98 Å². The van der Waals surface area contributed by atoms with Crippen molar-refractivity contribution in [1.29, 1.82) is 0 Å². The van der Waals surface area contributed by atoms with E-state index in [9.17, 15) is 10.1 Å². The van der Waals surface area contributed by atoms with E-state index in [0.29, 0.717) is 6.54 Å². The van der Waals surface area contributed by atoms with Crippen LogP contribution in [0.4, 0.5) is 10.1 Å². The van der Waals surface area contributed by atoms with Gasteiger partial charge in [-0.05, 0) is 13.0 Å². The van der Waals surface area contributed by atoms with E-state index < -0.39 is 0 Å². The number of anilines is 1. The van der Waals surface area contributed by atoms with Crippen LogP contribution in [-0.2, 0) is 6.54 Å². The molecular weight excluding hydrogens is 248 g/mol. The van der Waals surface area contributed by atoms with Crippen LogP contribution < -0.4 is 5.32 Å².